The van der Waals surface area contributed by atoms with Crippen LogP contribution in [0.3, 0.4) is 0 Å². The third-order valence-corrected chi connectivity index (χ3v) is 4.45. The molecular formula is C17H13ClN6OS. The van der Waals surface area contributed by atoms with Gasteiger partial charge in [-0.2, -0.15) is 10.2 Å². The van der Waals surface area contributed by atoms with Crippen molar-refractivity contribution < 1.29 is 4.79 Å². The Morgan fingerprint density at radius 2 is 2.00 bits per heavy atom. The zero-order valence-corrected chi connectivity index (χ0v) is 14.9. The van der Waals surface area contributed by atoms with Gasteiger partial charge in [0.1, 0.15) is 6.54 Å². The largest absolute Gasteiger partial charge is 0.325 e. The first-order valence-electron chi connectivity index (χ1n) is 7.74. The predicted octanol–water partition coefficient (Wildman–Crippen LogP) is 3.78. The number of nitrogens with zero attached hydrogens (tertiary/aromatic N) is 3. The standard InChI is InChI=1S/C17H13ClN6OS/c18-12-3-1-10(2-4-12)16-22-23-17(26)24(16)9-15(25)20-13-5-6-14-11(7-13)8-19-21-14/h1-8H,9H2,(H,19,21)(H,20,25)(H,23,26). The lowest BCUT2D eigenvalue weighted by Crippen LogP contribution is -2.19. The number of H-pyrrole nitrogens is 2. The number of nitrogens with one attached hydrogen (secondary N) is 3. The minimum atomic E-state index is -0.208. The normalized spacial score (nSPS) is 11.0. The first-order valence-corrected chi connectivity index (χ1v) is 8.53. The number of rotatable bonds is 4. The van der Waals surface area contributed by atoms with E-state index in [9.17, 15) is 4.79 Å². The number of aromatic amines is 2. The summed E-state index contributed by atoms with van der Waals surface area (Å²) in [5.74, 6) is 0.368. The molecule has 0 unspecified atom stereocenters. The van der Waals surface area contributed by atoms with Crippen LogP contribution in [-0.2, 0) is 11.3 Å². The Bertz CT molecular complexity index is 1140. The van der Waals surface area contributed by atoms with Gasteiger partial charge in [0.05, 0.1) is 11.7 Å². The lowest BCUT2D eigenvalue weighted by atomic mass is 10.2. The van der Waals surface area contributed by atoms with Crippen molar-refractivity contribution in [3.63, 3.8) is 0 Å². The molecule has 2 aromatic heterocycles. The molecule has 0 fully saturated rings. The molecule has 2 heterocycles. The number of carbonyl (C=O) groups is 1. The van der Waals surface area contributed by atoms with E-state index >= 15 is 0 Å². The highest BCUT2D eigenvalue weighted by Crippen LogP contribution is 2.20. The highest BCUT2D eigenvalue weighted by atomic mass is 35.5. The maximum atomic E-state index is 12.5. The van der Waals surface area contributed by atoms with Gasteiger partial charge in [-0.05, 0) is 54.7 Å². The Kier molecular flexibility index (Phi) is 4.27. The molecule has 130 valence electrons. The topological polar surface area (TPSA) is 91.4 Å². The lowest BCUT2D eigenvalue weighted by molar-refractivity contribution is -0.116. The SMILES string of the molecule is O=C(Cn1c(-c2ccc(Cl)cc2)n[nH]c1=S)Nc1ccc2[nH]ncc2c1. The van der Waals surface area contributed by atoms with Crippen molar-refractivity contribution in [2.45, 2.75) is 6.54 Å². The third-order valence-electron chi connectivity index (χ3n) is 3.89. The van der Waals surface area contributed by atoms with Gasteiger partial charge in [0.2, 0.25) is 5.91 Å². The highest BCUT2D eigenvalue weighted by molar-refractivity contribution is 7.71. The Labute approximate surface area is 158 Å². The van der Waals surface area contributed by atoms with Gasteiger partial charge >= 0.3 is 0 Å². The Balaban J connectivity index is 1.56. The van der Waals surface area contributed by atoms with Crippen LogP contribution in [0.5, 0.6) is 0 Å². The van der Waals surface area contributed by atoms with Gasteiger partial charge < -0.3 is 5.32 Å². The highest BCUT2D eigenvalue weighted by Gasteiger charge is 2.13. The maximum Gasteiger partial charge on any atom is 0.244 e. The van der Waals surface area contributed by atoms with E-state index in [2.05, 4.69) is 25.7 Å². The summed E-state index contributed by atoms with van der Waals surface area (Å²) in [7, 11) is 0. The zero-order chi connectivity index (χ0) is 18.1. The summed E-state index contributed by atoms with van der Waals surface area (Å²) in [5.41, 5.74) is 2.41. The molecule has 0 atom stereocenters. The van der Waals surface area contributed by atoms with Gasteiger partial charge in [-0.15, -0.1) is 0 Å². The summed E-state index contributed by atoms with van der Waals surface area (Å²) in [6.45, 7) is 0.0384. The van der Waals surface area contributed by atoms with E-state index < -0.39 is 0 Å². The second-order valence-corrected chi connectivity index (χ2v) is 6.49. The Hall–Kier alpha value is -2.97. The molecule has 0 saturated carbocycles. The molecule has 4 rings (SSSR count). The molecule has 0 aliphatic rings. The van der Waals surface area contributed by atoms with Crippen molar-refractivity contribution in [3.05, 3.63) is 58.5 Å². The van der Waals surface area contributed by atoms with E-state index in [1.165, 1.54) is 0 Å². The minimum absolute atomic E-state index is 0.0384. The summed E-state index contributed by atoms with van der Waals surface area (Å²) in [4.78, 5) is 12.5. The first-order chi connectivity index (χ1) is 12.6. The first kappa shape index (κ1) is 16.5. The van der Waals surface area contributed by atoms with E-state index in [1.807, 2.05) is 30.3 Å². The smallest absolute Gasteiger partial charge is 0.244 e. The monoisotopic (exact) mass is 384 g/mol. The van der Waals surface area contributed by atoms with Crippen LogP contribution in [0.4, 0.5) is 5.69 Å². The van der Waals surface area contributed by atoms with Gasteiger partial charge in [0.15, 0.2) is 10.6 Å². The summed E-state index contributed by atoms with van der Waals surface area (Å²) in [6, 6.07) is 12.7. The molecule has 2 aromatic carbocycles. The molecule has 26 heavy (non-hydrogen) atoms. The number of anilines is 1. The van der Waals surface area contributed by atoms with E-state index in [1.54, 1.807) is 22.9 Å². The molecule has 0 aliphatic heterocycles. The zero-order valence-electron chi connectivity index (χ0n) is 13.4. The summed E-state index contributed by atoms with van der Waals surface area (Å²) < 4.78 is 2.01. The quantitative estimate of drug-likeness (QED) is 0.467. The maximum absolute atomic E-state index is 12.5. The summed E-state index contributed by atoms with van der Waals surface area (Å²) >= 11 is 11.2. The van der Waals surface area contributed by atoms with Gasteiger partial charge in [0, 0.05) is 21.7 Å². The molecule has 1 amide bonds. The molecule has 7 nitrogen and oxygen atoms in total. The summed E-state index contributed by atoms with van der Waals surface area (Å²) in [5, 5.41) is 18.2. The number of fused-ring (bicyclic) bond motifs is 1. The minimum Gasteiger partial charge on any atom is -0.325 e. The van der Waals surface area contributed by atoms with E-state index in [0.717, 1.165) is 16.5 Å². The van der Waals surface area contributed by atoms with Gasteiger partial charge in [-0.1, -0.05) is 11.6 Å². The fourth-order valence-electron chi connectivity index (χ4n) is 2.65. The number of carbonyl (C=O) groups excluding carboxylic acids is 1. The van der Waals surface area contributed by atoms with Crippen LogP contribution in [0.15, 0.2) is 48.7 Å². The molecule has 3 N–H and O–H groups in total. The molecule has 4 aromatic rings. The number of aromatic nitrogens is 5. The third kappa shape index (κ3) is 3.24. The van der Waals surface area contributed by atoms with Crippen LogP contribution in [0.1, 0.15) is 0 Å². The number of halogens is 1. The average molecular weight is 385 g/mol. The molecule has 0 saturated heterocycles. The number of benzene rings is 2. The number of hydrogen-bond donors (Lipinski definition) is 3. The predicted molar refractivity (Wildman–Crippen MR) is 103 cm³/mol. The van der Waals surface area contributed by atoms with Gasteiger partial charge in [0.25, 0.3) is 0 Å². The number of amides is 1. The molecular weight excluding hydrogens is 372 g/mol. The van der Waals surface area contributed by atoms with Crippen LogP contribution in [0, 0.1) is 4.77 Å². The molecule has 9 heteroatoms. The van der Waals surface area contributed by atoms with Crippen LogP contribution in [-0.4, -0.2) is 30.9 Å². The Morgan fingerprint density at radius 1 is 1.19 bits per heavy atom. The Morgan fingerprint density at radius 3 is 2.81 bits per heavy atom. The lowest BCUT2D eigenvalue weighted by Gasteiger charge is -2.08. The summed E-state index contributed by atoms with van der Waals surface area (Å²) in [6.07, 6.45) is 1.70. The van der Waals surface area contributed by atoms with Crippen molar-refractivity contribution in [2.24, 2.45) is 0 Å². The number of hydrogen-bond acceptors (Lipinski definition) is 4. The molecule has 0 bridgehead atoms. The van der Waals surface area contributed by atoms with E-state index in [4.69, 9.17) is 23.8 Å². The van der Waals surface area contributed by atoms with Gasteiger partial charge in [-0.25, -0.2) is 0 Å². The van der Waals surface area contributed by atoms with Crippen molar-refractivity contribution in [1.82, 2.24) is 25.0 Å². The van der Waals surface area contributed by atoms with Crippen molar-refractivity contribution in [1.29, 1.82) is 0 Å². The van der Waals surface area contributed by atoms with Crippen LogP contribution < -0.4 is 5.32 Å². The van der Waals surface area contributed by atoms with Crippen molar-refractivity contribution in [2.75, 3.05) is 5.32 Å². The fourth-order valence-corrected chi connectivity index (χ4v) is 2.97. The van der Waals surface area contributed by atoms with Crippen LogP contribution in [0.2, 0.25) is 5.02 Å². The average Bonchev–Trinajstić information content (AvgIpc) is 3.23. The van der Waals surface area contributed by atoms with E-state index in [0.29, 0.717) is 21.3 Å². The molecule has 0 aliphatic carbocycles. The second-order valence-electron chi connectivity index (χ2n) is 5.67. The van der Waals surface area contributed by atoms with Crippen LogP contribution >= 0.6 is 23.8 Å². The van der Waals surface area contributed by atoms with Crippen molar-refractivity contribution >= 4 is 46.3 Å². The van der Waals surface area contributed by atoms with Crippen molar-refractivity contribution in [3.8, 4) is 11.4 Å². The van der Waals surface area contributed by atoms with E-state index in [-0.39, 0.29) is 12.5 Å². The molecule has 0 spiro atoms. The van der Waals surface area contributed by atoms with Gasteiger partial charge in [-0.3, -0.25) is 19.6 Å². The van der Waals surface area contributed by atoms with Crippen LogP contribution in [0.25, 0.3) is 22.3 Å². The fraction of sp³-hybridized carbons (Fsp3) is 0.0588. The second kappa shape index (κ2) is 6.74. The molecule has 0 radical (unpaired) electrons.